The Bertz CT molecular complexity index is 571. The molecule has 5 nitrogen and oxygen atoms in total. The van der Waals surface area contributed by atoms with E-state index < -0.39 is 0 Å². The van der Waals surface area contributed by atoms with Crippen molar-refractivity contribution in [2.24, 2.45) is 0 Å². The van der Waals surface area contributed by atoms with E-state index >= 15 is 0 Å². The van der Waals surface area contributed by atoms with Crippen molar-refractivity contribution < 1.29 is 0 Å². The maximum atomic E-state index is 4.04. The van der Waals surface area contributed by atoms with Gasteiger partial charge in [-0.15, -0.1) is 10.2 Å². The minimum Gasteiger partial charge on any atom is -0.305 e. The van der Waals surface area contributed by atoms with Crippen LogP contribution in [0.5, 0.6) is 0 Å². The monoisotopic (exact) mass is 171 g/mol. The predicted molar refractivity (Wildman–Crippen MR) is 46.1 cm³/mol. The summed E-state index contributed by atoms with van der Waals surface area (Å²) in [7, 11) is 0. The molecule has 3 heterocycles. The van der Waals surface area contributed by atoms with Crippen LogP contribution in [0.1, 0.15) is 0 Å². The number of hydrogen-bond acceptors (Lipinski definition) is 4. The largest absolute Gasteiger partial charge is 0.305 e. The first kappa shape index (κ1) is 6.47. The van der Waals surface area contributed by atoms with E-state index in [2.05, 4.69) is 20.4 Å². The predicted octanol–water partition coefficient (Wildman–Crippen LogP) is 0.672. The summed E-state index contributed by atoms with van der Waals surface area (Å²) < 4.78 is 1.92. The lowest BCUT2D eigenvalue weighted by atomic mass is 10.3. The Balaban J connectivity index is 2.65. The number of imidazole rings is 1. The van der Waals surface area contributed by atoms with Crippen LogP contribution in [0, 0.1) is 0 Å². The number of fused-ring (bicyclic) bond motifs is 3. The fraction of sp³-hybridized carbons (Fsp3) is 0. The molecule has 0 fully saturated rings. The first-order chi connectivity index (χ1) is 6.45. The van der Waals surface area contributed by atoms with Crippen LogP contribution < -0.4 is 0 Å². The van der Waals surface area contributed by atoms with Gasteiger partial charge in [0.2, 0.25) is 0 Å². The van der Waals surface area contributed by atoms with E-state index in [1.165, 1.54) is 0 Å². The highest BCUT2D eigenvalue weighted by Gasteiger charge is 2.00. The molecule has 0 aliphatic heterocycles. The Labute approximate surface area is 73.0 Å². The second kappa shape index (κ2) is 2.22. The molecule has 5 heteroatoms. The number of rotatable bonds is 0. The summed E-state index contributed by atoms with van der Waals surface area (Å²) in [6.45, 7) is 0. The number of pyridine rings is 1. The molecule has 3 rings (SSSR count). The van der Waals surface area contributed by atoms with E-state index in [4.69, 9.17) is 0 Å². The Morgan fingerprint density at radius 3 is 3.23 bits per heavy atom. The van der Waals surface area contributed by atoms with Gasteiger partial charge in [-0.1, -0.05) is 0 Å². The van der Waals surface area contributed by atoms with Gasteiger partial charge in [0.1, 0.15) is 0 Å². The number of hydrogen-bond donors (Lipinski definition) is 0. The summed E-state index contributed by atoms with van der Waals surface area (Å²) in [4.78, 5) is 4.04. The molecule has 0 saturated carbocycles. The van der Waals surface area contributed by atoms with E-state index in [-0.39, 0.29) is 0 Å². The Morgan fingerprint density at radius 2 is 2.23 bits per heavy atom. The van der Waals surface area contributed by atoms with Crippen LogP contribution in [-0.2, 0) is 0 Å². The Kier molecular flexibility index (Phi) is 1.11. The van der Waals surface area contributed by atoms with E-state index in [9.17, 15) is 0 Å². The quantitative estimate of drug-likeness (QED) is 0.499. The molecular formula is C8H5N5. The summed E-state index contributed by atoms with van der Waals surface area (Å²) >= 11 is 0. The van der Waals surface area contributed by atoms with Crippen molar-refractivity contribution >= 4 is 16.4 Å². The molecule has 0 amide bonds. The first-order valence-electron chi connectivity index (χ1n) is 3.84. The molecule has 0 N–H and O–H groups in total. The molecule has 0 aliphatic rings. The zero-order chi connectivity index (χ0) is 8.67. The molecule has 3 aromatic rings. The SMILES string of the molecule is c1cn2cncc2c2cnnnc12. The van der Waals surface area contributed by atoms with Crippen LogP contribution in [0.4, 0.5) is 0 Å². The first-order valence-corrected chi connectivity index (χ1v) is 3.84. The molecule has 0 spiro atoms. The Hall–Kier alpha value is -2.04. The maximum absolute atomic E-state index is 4.04. The lowest BCUT2D eigenvalue weighted by molar-refractivity contribution is 0.894. The van der Waals surface area contributed by atoms with Crippen LogP contribution in [0.25, 0.3) is 16.4 Å². The van der Waals surface area contributed by atoms with Crippen molar-refractivity contribution in [3.63, 3.8) is 0 Å². The second-order valence-electron chi connectivity index (χ2n) is 2.73. The van der Waals surface area contributed by atoms with E-state index in [1.807, 2.05) is 16.7 Å². The van der Waals surface area contributed by atoms with E-state index in [0.717, 1.165) is 16.4 Å². The third-order valence-electron chi connectivity index (χ3n) is 2.00. The third kappa shape index (κ3) is 0.807. The van der Waals surface area contributed by atoms with Gasteiger partial charge in [-0.2, -0.15) is 0 Å². The van der Waals surface area contributed by atoms with Crippen molar-refractivity contribution in [3.8, 4) is 0 Å². The normalized spacial score (nSPS) is 11.1. The van der Waals surface area contributed by atoms with Gasteiger partial charge in [0.05, 0.1) is 29.8 Å². The van der Waals surface area contributed by atoms with Crippen LogP contribution in [-0.4, -0.2) is 24.8 Å². The number of nitrogens with zero attached hydrogens (tertiary/aromatic N) is 5. The van der Waals surface area contributed by atoms with Crippen molar-refractivity contribution in [2.45, 2.75) is 0 Å². The highest BCUT2D eigenvalue weighted by molar-refractivity contribution is 5.91. The average Bonchev–Trinajstić information content (AvgIpc) is 2.65. The highest BCUT2D eigenvalue weighted by atomic mass is 15.3. The molecule has 0 atom stereocenters. The zero-order valence-electron chi connectivity index (χ0n) is 6.62. The lowest BCUT2D eigenvalue weighted by Gasteiger charge is -1.96. The standard InChI is InChI=1S/C8H5N5/c1-2-13-5-9-4-8(13)6-3-10-12-11-7(1)6/h1-5H. The van der Waals surface area contributed by atoms with Crippen molar-refractivity contribution in [2.75, 3.05) is 0 Å². The van der Waals surface area contributed by atoms with Gasteiger partial charge in [-0.3, -0.25) is 0 Å². The Morgan fingerprint density at radius 1 is 1.23 bits per heavy atom. The molecule has 0 saturated heterocycles. The average molecular weight is 171 g/mol. The number of aromatic nitrogens is 5. The van der Waals surface area contributed by atoms with Crippen LogP contribution in [0.2, 0.25) is 0 Å². The second-order valence-corrected chi connectivity index (χ2v) is 2.73. The van der Waals surface area contributed by atoms with Gasteiger partial charge in [0.25, 0.3) is 0 Å². The molecule has 3 aromatic heterocycles. The lowest BCUT2D eigenvalue weighted by Crippen LogP contribution is -1.90. The molecule has 0 radical (unpaired) electrons. The summed E-state index contributed by atoms with van der Waals surface area (Å²) in [6, 6.07) is 1.89. The van der Waals surface area contributed by atoms with Gasteiger partial charge in [-0.05, 0) is 11.3 Å². The maximum Gasteiger partial charge on any atom is 0.0999 e. The molecule has 0 aliphatic carbocycles. The zero-order valence-corrected chi connectivity index (χ0v) is 6.62. The van der Waals surface area contributed by atoms with Crippen molar-refractivity contribution in [1.82, 2.24) is 24.8 Å². The van der Waals surface area contributed by atoms with Gasteiger partial charge in [-0.25, -0.2) is 4.98 Å². The van der Waals surface area contributed by atoms with Crippen LogP contribution in [0.15, 0.2) is 31.0 Å². The van der Waals surface area contributed by atoms with Crippen molar-refractivity contribution in [3.05, 3.63) is 31.0 Å². The minimum atomic E-state index is 0.836. The van der Waals surface area contributed by atoms with Gasteiger partial charge in [0.15, 0.2) is 0 Å². The third-order valence-corrected chi connectivity index (χ3v) is 2.00. The van der Waals surface area contributed by atoms with Gasteiger partial charge >= 0.3 is 0 Å². The molecule has 0 unspecified atom stereocenters. The molecule has 62 valence electrons. The van der Waals surface area contributed by atoms with Crippen LogP contribution >= 0.6 is 0 Å². The summed E-state index contributed by atoms with van der Waals surface area (Å²) in [5, 5.41) is 12.2. The summed E-state index contributed by atoms with van der Waals surface area (Å²) in [5.74, 6) is 0. The molecule has 0 bridgehead atoms. The van der Waals surface area contributed by atoms with Gasteiger partial charge in [0, 0.05) is 11.6 Å². The van der Waals surface area contributed by atoms with Crippen molar-refractivity contribution in [1.29, 1.82) is 0 Å². The molecule has 0 aromatic carbocycles. The smallest absolute Gasteiger partial charge is 0.0999 e. The van der Waals surface area contributed by atoms with Crippen LogP contribution in [0.3, 0.4) is 0 Å². The topological polar surface area (TPSA) is 56.0 Å². The fourth-order valence-electron chi connectivity index (χ4n) is 1.38. The fourth-order valence-corrected chi connectivity index (χ4v) is 1.38. The summed E-state index contributed by atoms with van der Waals surface area (Å²) in [5.41, 5.74) is 1.84. The van der Waals surface area contributed by atoms with E-state index in [0.29, 0.717) is 0 Å². The summed E-state index contributed by atoms with van der Waals surface area (Å²) in [6.07, 6.45) is 7.12. The highest BCUT2D eigenvalue weighted by Crippen LogP contribution is 2.14. The van der Waals surface area contributed by atoms with Gasteiger partial charge < -0.3 is 4.40 Å². The molecule has 13 heavy (non-hydrogen) atoms. The van der Waals surface area contributed by atoms with E-state index in [1.54, 1.807) is 18.7 Å². The minimum absolute atomic E-state index is 0.836. The molecular weight excluding hydrogens is 166 g/mol.